The zero-order valence-electron chi connectivity index (χ0n) is 15.8. The van der Waals surface area contributed by atoms with Crippen molar-refractivity contribution >= 4 is 28.9 Å². The van der Waals surface area contributed by atoms with E-state index in [1.807, 2.05) is 54.6 Å². The van der Waals surface area contributed by atoms with Gasteiger partial charge in [0, 0.05) is 35.0 Å². The molecule has 0 bridgehead atoms. The van der Waals surface area contributed by atoms with Gasteiger partial charge < -0.3 is 4.90 Å². The summed E-state index contributed by atoms with van der Waals surface area (Å²) >= 11 is 0. The largest absolute Gasteiger partial charge is 0.311 e. The minimum absolute atomic E-state index is 0.0580. The van der Waals surface area contributed by atoms with E-state index in [1.54, 1.807) is 30.6 Å². The molecule has 0 aliphatic carbocycles. The summed E-state index contributed by atoms with van der Waals surface area (Å²) < 4.78 is 0. The molecule has 3 aromatic carbocycles. The van der Waals surface area contributed by atoms with Gasteiger partial charge in [-0.15, -0.1) is 0 Å². The highest BCUT2D eigenvalue weighted by Gasteiger charge is 2.11. The van der Waals surface area contributed by atoms with Gasteiger partial charge in [0.15, 0.2) is 5.78 Å². The van der Waals surface area contributed by atoms with E-state index in [1.165, 1.54) is 0 Å². The molecule has 0 saturated carbocycles. The van der Waals surface area contributed by atoms with Crippen LogP contribution in [0.2, 0.25) is 0 Å². The number of benzene rings is 3. The summed E-state index contributed by atoms with van der Waals surface area (Å²) in [5.41, 5.74) is 4.78. The molecule has 3 nitrogen and oxygen atoms in total. The average molecular weight is 376 g/mol. The molecular weight excluding hydrogens is 356 g/mol. The number of ketones is 1. The highest BCUT2D eigenvalue weighted by molar-refractivity contribution is 6.06. The lowest BCUT2D eigenvalue weighted by Gasteiger charge is -2.25. The Labute approximate surface area is 170 Å². The number of rotatable bonds is 6. The third kappa shape index (κ3) is 4.47. The van der Waals surface area contributed by atoms with Crippen molar-refractivity contribution < 1.29 is 4.79 Å². The molecule has 0 spiro atoms. The second kappa shape index (κ2) is 8.81. The Morgan fingerprint density at radius 2 is 1.28 bits per heavy atom. The van der Waals surface area contributed by atoms with Crippen LogP contribution < -0.4 is 4.90 Å². The lowest BCUT2D eigenvalue weighted by atomic mass is 10.1. The molecule has 0 aliphatic rings. The number of allylic oxidation sites excluding steroid dienone is 1. The van der Waals surface area contributed by atoms with E-state index in [0.717, 1.165) is 22.6 Å². The molecule has 0 unspecified atom stereocenters. The standard InChI is InChI=1S/C26H20N2O/c29-26(22-8-7-19-27-20-22)18-15-21-13-16-25(17-14-21)28(23-9-3-1-4-10-23)24-11-5-2-6-12-24/h1-20H. The van der Waals surface area contributed by atoms with Crippen molar-refractivity contribution in [2.45, 2.75) is 0 Å². The molecule has 1 heterocycles. The number of hydrogen-bond acceptors (Lipinski definition) is 3. The summed E-state index contributed by atoms with van der Waals surface area (Å²) in [6, 6.07) is 32.2. The molecule has 0 N–H and O–H groups in total. The monoisotopic (exact) mass is 376 g/mol. The van der Waals surface area contributed by atoms with Crippen LogP contribution in [0.25, 0.3) is 6.08 Å². The van der Waals surface area contributed by atoms with Gasteiger partial charge in [0.2, 0.25) is 0 Å². The van der Waals surface area contributed by atoms with Gasteiger partial charge in [-0.05, 0) is 60.2 Å². The van der Waals surface area contributed by atoms with Gasteiger partial charge in [-0.2, -0.15) is 0 Å². The fourth-order valence-corrected chi connectivity index (χ4v) is 3.11. The molecule has 0 fully saturated rings. The summed E-state index contributed by atoms with van der Waals surface area (Å²) in [6.07, 6.45) is 6.64. The number of nitrogens with zero attached hydrogens (tertiary/aromatic N) is 2. The van der Waals surface area contributed by atoms with E-state index in [9.17, 15) is 4.79 Å². The van der Waals surface area contributed by atoms with Crippen LogP contribution >= 0.6 is 0 Å². The molecule has 0 amide bonds. The van der Waals surface area contributed by atoms with E-state index in [0.29, 0.717) is 5.56 Å². The molecule has 29 heavy (non-hydrogen) atoms. The smallest absolute Gasteiger partial charge is 0.187 e. The Balaban J connectivity index is 1.59. The number of carbonyl (C=O) groups excluding carboxylic acids is 1. The minimum Gasteiger partial charge on any atom is -0.311 e. The second-order valence-electron chi connectivity index (χ2n) is 6.54. The predicted octanol–water partition coefficient (Wildman–Crippen LogP) is 6.45. The normalized spacial score (nSPS) is 10.8. The van der Waals surface area contributed by atoms with E-state index in [-0.39, 0.29) is 5.78 Å². The number of hydrogen-bond donors (Lipinski definition) is 0. The van der Waals surface area contributed by atoms with E-state index in [4.69, 9.17) is 0 Å². The molecule has 3 heteroatoms. The summed E-state index contributed by atoms with van der Waals surface area (Å²) in [7, 11) is 0. The maximum Gasteiger partial charge on any atom is 0.187 e. The SMILES string of the molecule is O=C(C=Cc1ccc(N(c2ccccc2)c2ccccc2)cc1)c1cccnc1. The molecule has 140 valence electrons. The first-order valence-corrected chi connectivity index (χ1v) is 9.44. The first-order valence-electron chi connectivity index (χ1n) is 9.44. The van der Waals surface area contributed by atoms with Crippen molar-refractivity contribution in [2.24, 2.45) is 0 Å². The molecular formula is C26H20N2O. The summed E-state index contributed by atoms with van der Waals surface area (Å²) in [5.74, 6) is -0.0580. The van der Waals surface area contributed by atoms with Crippen LogP contribution in [0.5, 0.6) is 0 Å². The van der Waals surface area contributed by atoms with Crippen molar-refractivity contribution in [2.75, 3.05) is 4.90 Å². The molecule has 0 radical (unpaired) electrons. The van der Waals surface area contributed by atoms with Gasteiger partial charge in [-0.3, -0.25) is 9.78 Å². The van der Waals surface area contributed by atoms with E-state index < -0.39 is 0 Å². The van der Waals surface area contributed by atoms with Gasteiger partial charge in [0.1, 0.15) is 0 Å². The Morgan fingerprint density at radius 3 is 1.83 bits per heavy atom. The lowest BCUT2D eigenvalue weighted by molar-refractivity contribution is 0.104. The number of aromatic nitrogens is 1. The first-order chi connectivity index (χ1) is 14.3. The summed E-state index contributed by atoms with van der Waals surface area (Å²) in [6.45, 7) is 0. The molecule has 0 atom stereocenters. The van der Waals surface area contributed by atoms with Crippen LogP contribution in [0.3, 0.4) is 0 Å². The topological polar surface area (TPSA) is 33.2 Å². The Hall–Kier alpha value is -3.98. The van der Waals surface area contributed by atoms with Gasteiger partial charge in [-0.25, -0.2) is 0 Å². The molecule has 4 aromatic rings. The number of pyridine rings is 1. The van der Waals surface area contributed by atoms with Crippen LogP contribution in [0.1, 0.15) is 15.9 Å². The zero-order chi connectivity index (χ0) is 19.9. The maximum atomic E-state index is 12.2. The van der Waals surface area contributed by atoms with E-state index >= 15 is 0 Å². The Kier molecular flexibility index (Phi) is 5.58. The highest BCUT2D eigenvalue weighted by atomic mass is 16.1. The van der Waals surface area contributed by atoms with Gasteiger partial charge >= 0.3 is 0 Å². The van der Waals surface area contributed by atoms with Crippen LogP contribution in [-0.4, -0.2) is 10.8 Å². The second-order valence-corrected chi connectivity index (χ2v) is 6.54. The van der Waals surface area contributed by atoms with Crippen LogP contribution in [-0.2, 0) is 0 Å². The van der Waals surface area contributed by atoms with E-state index in [2.05, 4.69) is 46.3 Å². The summed E-state index contributed by atoms with van der Waals surface area (Å²) in [4.78, 5) is 18.4. The molecule has 0 saturated heterocycles. The van der Waals surface area contributed by atoms with Gasteiger partial charge in [0.25, 0.3) is 0 Å². The molecule has 4 rings (SSSR count). The molecule has 0 aliphatic heterocycles. The van der Waals surface area contributed by atoms with Crippen molar-refractivity contribution in [1.82, 2.24) is 4.98 Å². The maximum absolute atomic E-state index is 12.2. The summed E-state index contributed by atoms with van der Waals surface area (Å²) in [5, 5.41) is 0. The number of anilines is 3. The lowest BCUT2D eigenvalue weighted by Crippen LogP contribution is -2.09. The third-order valence-corrected chi connectivity index (χ3v) is 4.55. The first kappa shape index (κ1) is 18.4. The number of para-hydroxylation sites is 2. The van der Waals surface area contributed by atoms with Crippen molar-refractivity contribution in [1.29, 1.82) is 0 Å². The van der Waals surface area contributed by atoms with Gasteiger partial charge in [-0.1, -0.05) is 54.6 Å². The predicted molar refractivity (Wildman–Crippen MR) is 119 cm³/mol. The fraction of sp³-hybridized carbons (Fsp3) is 0. The minimum atomic E-state index is -0.0580. The molecule has 1 aromatic heterocycles. The fourth-order valence-electron chi connectivity index (χ4n) is 3.11. The van der Waals surface area contributed by atoms with Gasteiger partial charge in [0.05, 0.1) is 0 Å². The van der Waals surface area contributed by atoms with Crippen LogP contribution in [0, 0.1) is 0 Å². The van der Waals surface area contributed by atoms with Crippen LogP contribution in [0.15, 0.2) is 116 Å². The number of carbonyl (C=O) groups is 1. The Bertz CT molecular complexity index is 1050. The zero-order valence-corrected chi connectivity index (χ0v) is 15.8. The van der Waals surface area contributed by atoms with Crippen molar-refractivity contribution in [3.05, 3.63) is 127 Å². The van der Waals surface area contributed by atoms with Crippen LogP contribution in [0.4, 0.5) is 17.1 Å². The van der Waals surface area contributed by atoms with Crippen molar-refractivity contribution in [3.63, 3.8) is 0 Å². The third-order valence-electron chi connectivity index (χ3n) is 4.55. The Morgan fingerprint density at radius 1 is 0.690 bits per heavy atom. The van der Waals surface area contributed by atoms with Crippen molar-refractivity contribution in [3.8, 4) is 0 Å². The average Bonchev–Trinajstić information content (AvgIpc) is 2.80. The highest BCUT2D eigenvalue weighted by Crippen LogP contribution is 2.34. The quantitative estimate of drug-likeness (QED) is 0.286.